The monoisotopic (exact) mass is 1340 g/mol. The fourth-order valence-electron chi connectivity index (χ4n) is 9.30. The van der Waals surface area contributed by atoms with Crippen molar-refractivity contribution >= 4 is 82.1 Å². The van der Waals surface area contributed by atoms with E-state index in [1.807, 2.05) is 0 Å². The molecule has 0 radical (unpaired) electrons. The Morgan fingerprint density at radius 3 is 0.812 bits per heavy atom. The molecular formula is C67H63F7N12O9S. The lowest BCUT2D eigenvalue weighted by atomic mass is 9.99. The third-order valence-corrected chi connectivity index (χ3v) is 13.9. The molecule has 0 fully saturated rings. The molecule has 1 unspecified atom stereocenters. The predicted molar refractivity (Wildman–Crippen MR) is 351 cm³/mol. The third-order valence-electron chi connectivity index (χ3n) is 13.9. The summed E-state index contributed by atoms with van der Waals surface area (Å²) in [6, 6.07) is 27.0. The van der Waals surface area contributed by atoms with Crippen LogP contribution in [0.25, 0.3) is 33.4 Å². The molecule has 6 aromatic carbocycles. The van der Waals surface area contributed by atoms with E-state index in [4.69, 9.17) is 17.2 Å². The second-order valence-electron chi connectivity index (χ2n) is 20.7. The van der Waals surface area contributed by atoms with Gasteiger partial charge in [-0.05, 0) is 162 Å². The quantitative estimate of drug-likeness (QED) is 0.0425. The highest BCUT2D eigenvalue weighted by Gasteiger charge is 2.24. The van der Waals surface area contributed by atoms with Crippen LogP contribution in [-0.4, -0.2) is 93.1 Å². The van der Waals surface area contributed by atoms with Crippen LogP contribution in [-0.2, 0) is 14.4 Å². The average Bonchev–Trinajstić information content (AvgIpc) is 0.837. The van der Waals surface area contributed by atoms with Gasteiger partial charge in [0.25, 0.3) is 35.4 Å². The zero-order chi connectivity index (χ0) is 70.8. The smallest absolute Gasteiger partial charge is 0.257 e. The molecule has 9 rings (SSSR count). The summed E-state index contributed by atoms with van der Waals surface area (Å²) < 4.78 is 90.3. The third kappa shape index (κ3) is 19.4. The molecule has 15 N–H and O–H groups in total. The van der Waals surface area contributed by atoms with E-state index >= 15 is 0 Å². The summed E-state index contributed by atoms with van der Waals surface area (Å²) in [4.78, 5) is 85.0. The SMILES string of the molecule is CNC(=O)c1cc(-c2ccc(NC(=O)C(O)c3cc(F)cc(F)c3)cc2C)cnc1N.CNC(=O)c1cc(-c2ccc(NC(=O)[C@@H](O)c3cc(F)cc(F)c3)cc2C)cnc1N.CNC(=O)c1cc(-c2ccc(NC(=O)[C@H](O)c3cc(F)cc(F)c3)cc2C)cnc1N.CSF. The number of nitrogen functional groups attached to an aromatic ring is 3. The molecule has 3 heterocycles. The summed E-state index contributed by atoms with van der Waals surface area (Å²) in [7, 11) is 4.47. The lowest BCUT2D eigenvalue weighted by Crippen LogP contribution is -2.21. The number of pyridine rings is 3. The minimum absolute atomic E-state index is 0.104. The van der Waals surface area contributed by atoms with Crippen molar-refractivity contribution in [1.29, 1.82) is 0 Å². The van der Waals surface area contributed by atoms with Crippen molar-refractivity contribution < 1.29 is 74.3 Å². The number of nitrogens with zero attached hydrogens (tertiary/aromatic N) is 3. The van der Waals surface area contributed by atoms with Gasteiger partial charge in [0, 0.05) is 110 Å². The van der Waals surface area contributed by atoms with Gasteiger partial charge < -0.3 is 64.4 Å². The summed E-state index contributed by atoms with van der Waals surface area (Å²) in [6.45, 7) is 5.37. The first-order valence-corrected chi connectivity index (χ1v) is 29.4. The first-order chi connectivity index (χ1) is 45.5. The first-order valence-electron chi connectivity index (χ1n) is 28.2. The number of aromatic nitrogens is 3. The van der Waals surface area contributed by atoms with Gasteiger partial charge in [-0.2, -0.15) is 3.89 Å². The maximum Gasteiger partial charge on any atom is 0.257 e. The fourth-order valence-corrected chi connectivity index (χ4v) is 9.30. The highest BCUT2D eigenvalue weighted by atomic mass is 32.2. The highest BCUT2D eigenvalue weighted by Crippen LogP contribution is 2.32. The summed E-state index contributed by atoms with van der Waals surface area (Å²) in [6.07, 6.45) is 0.726. The van der Waals surface area contributed by atoms with Gasteiger partial charge in [-0.15, -0.1) is 0 Å². The van der Waals surface area contributed by atoms with Gasteiger partial charge in [-0.25, -0.2) is 41.3 Å². The van der Waals surface area contributed by atoms with Crippen molar-refractivity contribution in [3.63, 3.8) is 0 Å². The van der Waals surface area contributed by atoms with Crippen LogP contribution in [0.3, 0.4) is 0 Å². The van der Waals surface area contributed by atoms with Gasteiger partial charge in [0.2, 0.25) is 0 Å². The molecule has 500 valence electrons. The number of carbonyl (C=O) groups is 6. The molecule has 0 saturated heterocycles. The minimum Gasteiger partial charge on any atom is -0.383 e. The Bertz CT molecular complexity index is 3910. The lowest BCUT2D eigenvalue weighted by molar-refractivity contribution is -0.124. The molecule has 0 aliphatic rings. The van der Waals surface area contributed by atoms with Gasteiger partial charge in [-0.3, -0.25) is 28.8 Å². The molecule has 0 aliphatic heterocycles. The van der Waals surface area contributed by atoms with Gasteiger partial charge in [0.1, 0.15) is 52.4 Å². The summed E-state index contributed by atoms with van der Waals surface area (Å²) >= 11 is 0.250. The molecule has 0 bridgehead atoms. The Balaban J connectivity index is 0.000000223. The van der Waals surface area contributed by atoms with E-state index in [1.54, 1.807) is 93.6 Å². The number of halogens is 7. The summed E-state index contributed by atoms with van der Waals surface area (Å²) in [5.41, 5.74) is 25.0. The van der Waals surface area contributed by atoms with Crippen molar-refractivity contribution in [2.75, 3.05) is 60.6 Å². The Morgan fingerprint density at radius 2 is 0.615 bits per heavy atom. The molecule has 3 aromatic heterocycles. The van der Waals surface area contributed by atoms with Crippen molar-refractivity contribution in [3.8, 4) is 33.4 Å². The predicted octanol–water partition coefficient (Wildman–Crippen LogP) is 10.1. The summed E-state index contributed by atoms with van der Waals surface area (Å²) in [5.74, 6) is -8.66. The van der Waals surface area contributed by atoms with Crippen LogP contribution in [0, 0.1) is 55.7 Å². The van der Waals surface area contributed by atoms with Gasteiger partial charge in [0.15, 0.2) is 18.3 Å². The number of hydrogen-bond acceptors (Lipinski definition) is 16. The van der Waals surface area contributed by atoms with Crippen LogP contribution < -0.4 is 49.1 Å². The molecule has 0 spiro atoms. The number of nitrogens with two attached hydrogens (primary N) is 3. The number of rotatable bonds is 15. The zero-order valence-corrected chi connectivity index (χ0v) is 52.8. The minimum atomic E-state index is -1.75. The number of aliphatic hydroxyl groups is 3. The molecule has 0 saturated carbocycles. The maximum atomic E-state index is 13.3. The standard InChI is InChI=1S/3C22H20F2N4O3.CH3FS/c3*1-11-5-16(28-22(31)19(29)12-6-14(23)9-15(24)7-12)3-4-17(11)13-8-18(21(30)26-2)20(25)27-10-13;1-3-2/h3*3-10,19,29H,1-2H3,(H2,25,27)(H,26,30)(H,28,31);1H3/t2*19-;;/m10../s1. The highest BCUT2D eigenvalue weighted by molar-refractivity contribution is 7.93. The van der Waals surface area contributed by atoms with Crippen LogP contribution in [0.2, 0.25) is 0 Å². The Labute approximate surface area is 549 Å². The van der Waals surface area contributed by atoms with Crippen LogP contribution >= 0.6 is 12.1 Å². The topological polar surface area (TPSA) is 352 Å². The van der Waals surface area contributed by atoms with E-state index in [0.29, 0.717) is 52.0 Å². The number of aliphatic hydroxyl groups excluding tert-OH is 3. The fraction of sp³-hybridized carbons (Fsp3) is 0.149. The number of hydrogen-bond donors (Lipinski definition) is 12. The van der Waals surface area contributed by atoms with E-state index in [-0.39, 0.29) is 80.7 Å². The molecule has 29 heteroatoms. The normalized spacial score (nSPS) is 11.5. The molecule has 96 heavy (non-hydrogen) atoms. The van der Waals surface area contributed by atoms with Crippen LogP contribution in [0.5, 0.6) is 0 Å². The molecule has 6 amide bonds. The van der Waals surface area contributed by atoms with E-state index in [1.165, 1.54) is 46.0 Å². The van der Waals surface area contributed by atoms with Crippen LogP contribution in [0.15, 0.2) is 146 Å². The van der Waals surface area contributed by atoms with Gasteiger partial charge in [0.05, 0.1) is 16.7 Å². The molecule has 21 nitrogen and oxygen atoms in total. The first kappa shape index (κ1) is 73.8. The number of nitrogens with one attached hydrogen (secondary N) is 6. The van der Waals surface area contributed by atoms with Crippen LogP contribution in [0.1, 0.15) is 82.8 Å². The van der Waals surface area contributed by atoms with E-state index in [0.717, 1.165) is 69.8 Å². The second kappa shape index (κ2) is 33.5. The Kier molecular flexibility index (Phi) is 25.8. The molecule has 9 aromatic rings. The van der Waals surface area contributed by atoms with Gasteiger partial charge in [-0.1, -0.05) is 18.2 Å². The van der Waals surface area contributed by atoms with Crippen molar-refractivity contribution in [3.05, 3.63) is 231 Å². The van der Waals surface area contributed by atoms with Crippen molar-refractivity contribution in [2.45, 2.75) is 39.1 Å². The second-order valence-corrected chi connectivity index (χ2v) is 21.0. The van der Waals surface area contributed by atoms with Crippen LogP contribution in [0.4, 0.5) is 64.7 Å². The van der Waals surface area contributed by atoms with Crippen molar-refractivity contribution in [2.24, 2.45) is 0 Å². The number of aryl methyl sites for hydroxylation is 3. The largest absolute Gasteiger partial charge is 0.383 e. The molecular weight excluding hydrogens is 1280 g/mol. The van der Waals surface area contributed by atoms with E-state index in [9.17, 15) is 74.3 Å². The maximum absolute atomic E-state index is 13.3. The summed E-state index contributed by atoms with van der Waals surface area (Å²) in [5, 5.41) is 45.4. The molecule has 3 atom stereocenters. The average molecular weight is 1350 g/mol. The van der Waals surface area contributed by atoms with E-state index < -0.39 is 70.9 Å². The zero-order valence-electron chi connectivity index (χ0n) is 52.0. The number of carbonyl (C=O) groups excluding carboxylic acids is 6. The Morgan fingerprint density at radius 1 is 0.396 bits per heavy atom. The van der Waals surface area contributed by atoms with Crippen molar-refractivity contribution in [1.82, 2.24) is 30.9 Å². The molecule has 0 aliphatic carbocycles. The number of amides is 6. The Hall–Kier alpha value is -11.3. The van der Waals surface area contributed by atoms with E-state index in [2.05, 4.69) is 46.9 Å². The number of benzene rings is 6. The number of anilines is 6. The van der Waals surface area contributed by atoms with Gasteiger partial charge >= 0.3 is 0 Å². The lowest BCUT2D eigenvalue weighted by Gasteiger charge is -2.14.